The zero-order chi connectivity index (χ0) is 9.10. The van der Waals surface area contributed by atoms with Crippen LogP contribution < -0.4 is 4.74 Å². The van der Waals surface area contributed by atoms with E-state index in [2.05, 4.69) is 16.3 Å². The van der Waals surface area contributed by atoms with Gasteiger partial charge < -0.3 is 4.74 Å². The van der Waals surface area contributed by atoms with Crippen molar-refractivity contribution in [3.8, 4) is 17.0 Å². The fourth-order valence-corrected chi connectivity index (χ4v) is 1.13. The second kappa shape index (κ2) is 3.31. The Morgan fingerprint density at radius 3 is 2.62 bits per heavy atom. The molecule has 1 N–H and O–H groups in total. The maximum atomic E-state index is 5.05. The fourth-order valence-electron chi connectivity index (χ4n) is 1.13. The Bertz CT molecular complexity index is 364. The van der Waals surface area contributed by atoms with Crippen molar-refractivity contribution in [2.45, 2.75) is 0 Å². The molecule has 0 aliphatic heterocycles. The van der Waals surface area contributed by atoms with Gasteiger partial charge in [0.1, 0.15) is 5.75 Å². The van der Waals surface area contributed by atoms with Gasteiger partial charge in [-0.25, -0.2) is 0 Å². The summed E-state index contributed by atoms with van der Waals surface area (Å²) in [5.41, 5.74) is 1.85. The molecule has 13 heavy (non-hydrogen) atoms. The van der Waals surface area contributed by atoms with Gasteiger partial charge in [-0.1, -0.05) is 0 Å². The summed E-state index contributed by atoms with van der Waals surface area (Å²) in [6.07, 6.45) is 1.68. The molecule has 0 saturated carbocycles. The van der Waals surface area contributed by atoms with Crippen molar-refractivity contribution in [3.05, 3.63) is 36.5 Å². The van der Waals surface area contributed by atoms with E-state index in [4.69, 9.17) is 4.74 Å². The van der Waals surface area contributed by atoms with Crippen LogP contribution in [0.5, 0.6) is 5.75 Å². The molecule has 0 aliphatic rings. The molecule has 0 unspecified atom stereocenters. The van der Waals surface area contributed by atoms with Crippen LogP contribution in [-0.4, -0.2) is 17.3 Å². The van der Waals surface area contributed by atoms with Crippen LogP contribution in [0.4, 0.5) is 0 Å². The molecule has 3 nitrogen and oxygen atoms in total. The number of ether oxygens (including phenoxy) is 1. The lowest BCUT2D eigenvalue weighted by molar-refractivity contribution is 0.415. The van der Waals surface area contributed by atoms with Crippen LogP contribution >= 0.6 is 0 Å². The summed E-state index contributed by atoms with van der Waals surface area (Å²) in [5.74, 6) is 0.847. The van der Waals surface area contributed by atoms with E-state index >= 15 is 0 Å². The van der Waals surface area contributed by atoms with Crippen molar-refractivity contribution in [2.24, 2.45) is 0 Å². The van der Waals surface area contributed by atoms with Crippen LogP contribution in [0.2, 0.25) is 0 Å². The number of nitrogens with zero attached hydrogens (tertiary/aromatic N) is 1. The molecule has 3 heteroatoms. The number of benzene rings is 1. The first-order chi connectivity index (χ1) is 6.40. The van der Waals surface area contributed by atoms with Crippen molar-refractivity contribution in [3.63, 3.8) is 0 Å². The molecule has 0 saturated heterocycles. The molecule has 1 radical (unpaired) electrons. The first-order valence-electron chi connectivity index (χ1n) is 3.96. The van der Waals surface area contributed by atoms with Gasteiger partial charge in [-0.2, -0.15) is 5.10 Å². The molecule has 0 atom stereocenters. The summed E-state index contributed by atoms with van der Waals surface area (Å²) in [6, 6.07) is 10.7. The third kappa shape index (κ3) is 1.54. The Balaban J connectivity index is 2.33. The minimum atomic E-state index is 0.822. The van der Waals surface area contributed by atoms with Gasteiger partial charge in [-0.05, 0) is 24.3 Å². The largest absolute Gasteiger partial charge is 0.497 e. The summed E-state index contributed by atoms with van der Waals surface area (Å²) in [5, 5.41) is 6.74. The van der Waals surface area contributed by atoms with Crippen molar-refractivity contribution in [1.82, 2.24) is 10.2 Å². The Morgan fingerprint density at radius 1 is 1.31 bits per heavy atom. The molecule has 1 heterocycles. The predicted octanol–water partition coefficient (Wildman–Crippen LogP) is 1.89. The van der Waals surface area contributed by atoms with Gasteiger partial charge in [0, 0.05) is 17.8 Å². The van der Waals surface area contributed by atoms with Gasteiger partial charge in [0.2, 0.25) is 0 Å². The first kappa shape index (κ1) is 7.86. The van der Waals surface area contributed by atoms with E-state index in [0.29, 0.717) is 0 Å². The number of hydrogen-bond donors (Lipinski definition) is 1. The summed E-state index contributed by atoms with van der Waals surface area (Å²) in [6.45, 7) is 0. The molecular formula is C10H9N2O. The minimum Gasteiger partial charge on any atom is -0.497 e. The van der Waals surface area contributed by atoms with E-state index in [0.717, 1.165) is 17.0 Å². The van der Waals surface area contributed by atoms with Gasteiger partial charge in [0.05, 0.1) is 12.8 Å². The highest BCUT2D eigenvalue weighted by Crippen LogP contribution is 2.19. The number of methoxy groups -OCH3 is 1. The Kier molecular flexibility index (Phi) is 2.00. The number of H-pyrrole nitrogens is 1. The van der Waals surface area contributed by atoms with Crippen molar-refractivity contribution < 1.29 is 4.74 Å². The van der Waals surface area contributed by atoms with E-state index in [1.165, 1.54) is 0 Å². The zero-order valence-electron chi connectivity index (χ0n) is 7.24. The van der Waals surface area contributed by atoms with Crippen LogP contribution in [0, 0.1) is 6.07 Å². The monoisotopic (exact) mass is 173 g/mol. The highest BCUT2D eigenvalue weighted by Gasteiger charge is 1.99. The van der Waals surface area contributed by atoms with E-state index in [1.807, 2.05) is 24.3 Å². The van der Waals surface area contributed by atoms with Gasteiger partial charge in [-0.15, -0.1) is 0 Å². The molecule has 0 bridgehead atoms. The van der Waals surface area contributed by atoms with Crippen LogP contribution in [-0.2, 0) is 0 Å². The topological polar surface area (TPSA) is 37.9 Å². The Morgan fingerprint density at radius 2 is 2.08 bits per heavy atom. The van der Waals surface area contributed by atoms with Gasteiger partial charge in [0.25, 0.3) is 0 Å². The average Bonchev–Trinajstić information content (AvgIpc) is 2.71. The predicted molar refractivity (Wildman–Crippen MR) is 49.4 cm³/mol. The summed E-state index contributed by atoms with van der Waals surface area (Å²) >= 11 is 0. The van der Waals surface area contributed by atoms with Gasteiger partial charge >= 0.3 is 0 Å². The minimum absolute atomic E-state index is 0.822. The van der Waals surface area contributed by atoms with Gasteiger partial charge in [0.15, 0.2) is 0 Å². The maximum Gasteiger partial charge on any atom is 0.118 e. The molecular weight excluding hydrogens is 164 g/mol. The fraction of sp³-hybridized carbons (Fsp3) is 0.100. The van der Waals surface area contributed by atoms with Crippen molar-refractivity contribution >= 4 is 0 Å². The molecule has 65 valence electrons. The zero-order valence-corrected chi connectivity index (χ0v) is 7.24. The molecule has 1 aromatic carbocycles. The van der Waals surface area contributed by atoms with E-state index in [9.17, 15) is 0 Å². The summed E-state index contributed by atoms with van der Waals surface area (Å²) in [4.78, 5) is 0. The number of aromatic amines is 1. The van der Waals surface area contributed by atoms with Crippen molar-refractivity contribution in [2.75, 3.05) is 7.11 Å². The standard InChI is InChI=1S/C10H9N2O/c1-13-9-4-2-8(3-5-9)10-6-7-11-12-10/h2-5,7H,1H3,(H,11,12). The third-order valence-electron chi connectivity index (χ3n) is 1.81. The van der Waals surface area contributed by atoms with Crippen LogP contribution in [0.3, 0.4) is 0 Å². The number of hydrogen-bond acceptors (Lipinski definition) is 2. The molecule has 0 aliphatic carbocycles. The highest BCUT2D eigenvalue weighted by atomic mass is 16.5. The lowest BCUT2D eigenvalue weighted by Gasteiger charge is -1.99. The molecule has 1 aromatic heterocycles. The second-order valence-electron chi connectivity index (χ2n) is 2.61. The second-order valence-corrected chi connectivity index (χ2v) is 2.61. The molecule has 0 spiro atoms. The molecule has 2 rings (SSSR count). The Labute approximate surface area is 76.4 Å². The smallest absolute Gasteiger partial charge is 0.118 e. The first-order valence-corrected chi connectivity index (χ1v) is 3.96. The normalized spacial score (nSPS) is 9.92. The van der Waals surface area contributed by atoms with Crippen LogP contribution in [0.1, 0.15) is 0 Å². The van der Waals surface area contributed by atoms with E-state index < -0.39 is 0 Å². The number of rotatable bonds is 2. The quantitative estimate of drug-likeness (QED) is 0.753. The SMILES string of the molecule is COc1ccc(-c2[c]c[nH]n2)cc1. The number of nitrogens with one attached hydrogen (secondary N) is 1. The van der Waals surface area contributed by atoms with Crippen molar-refractivity contribution in [1.29, 1.82) is 0 Å². The average molecular weight is 173 g/mol. The number of aromatic nitrogens is 2. The summed E-state index contributed by atoms with van der Waals surface area (Å²) in [7, 11) is 1.65. The Hall–Kier alpha value is -1.77. The van der Waals surface area contributed by atoms with Crippen LogP contribution in [0.25, 0.3) is 11.3 Å². The summed E-state index contributed by atoms with van der Waals surface area (Å²) < 4.78 is 5.05. The highest BCUT2D eigenvalue weighted by molar-refractivity contribution is 5.58. The lowest BCUT2D eigenvalue weighted by Crippen LogP contribution is -1.82. The molecule has 0 amide bonds. The molecule has 2 aromatic rings. The van der Waals surface area contributed by atoms with E-state index in [-0.39, 0.29) is 0 Å². The van der Waals surface area contributed by atoms with Crippen LogP contribution in [0.15, 0.2) is 30.5 Å². The maximum absolute atomic E-state index is 5.05. The third-order valence-corrected chi connectivity index (χ3v) is 1.81. The van der Waals surface area contributed by atoms with E-state index in [1.54, 1.807) is 13.3 Å². The molecule has 0 fully saturated rings. The lowest BCUT2D eigenvalue weighted by atomic mass is 10.1. The van der Waals surface area contributed by atoms with Gasteiger partial charge in [-0.3, -0.25) is 5.10 Å².